The van der Waals surface area contributed by atoms with E-state index in [0.29, 0.717) is 11.3 Å². The first-order valence-corrected chi connectivity index (χ1v) is 6.46. The summed E-state index contributed by atoms with van der Waals surface area (Å²) in [6.07, 6.45) is 1.54. The van der Waals surface area contributed by atoms with E-state index in [1.807, 2.05) is 24.3 Å². The zero-order valence-electron chi connectivity index (χ0n) is 11.3. The Hall–Kier alpha value is -2.75. The number of nitrogens with zero attached hydrogens (tertiary/aromatic N) is 1. The third-order valence-corrected chi connectivity index (χ3v) is 3.13. The molecule has 0 saturated carbocycles. The van der Waals surface area contributed by atoms with E-state index >= 15 is 0 Å². The molecule has 0 amide bonds. The molecular weight excluding hydrogens is 269 g/mol. The summed E-state index contributed by atoms with van der Waals surface area (Å²) in [5, 5.41) is 0.913. The van der Waals surface area contributed by atoms with E-state index < -0.39 is 5.82 Å². The zero-order valence-corrected chi connectivity index (χ0v) is 11.3. The minimum absolute atomic E-state index is 0.0667. The van der Waals surface area contributed by atoms with Gasteiger partial charge in [-0.2, -0.15) is 0 Å². The quantitative estimate of drug-likeness (QED) is 0.669. The maximum atomic E-state index is 13.9. The summed E-state index contributed by atoms with van der Waals surface area (Å²) in [6.45, 7) is 1.39. The van der Waals surface area contributed by atoms with Crippen LogP contribution in [0.5, 0.6) is 11.5 Å². The molecule has 1 aromatic heterocycles. The van der Waals surface area contributed by atoms with Gasteiger partial charge in [-0.05, 0) is 37.3 Å². The lowest BCUT2D eigenvalue weighted by Crippen LogP contribution is -1.95. The molecule has 1 heterocycles. The number of fused-ring (bicyclic) bond motifs is 1. The molecule has 3 nitrogen and oxygen atoms in total. The van der Waals surface area contributed by atoms with E-state index in [0.717, 1.165) is 10.9 Å². The fourth-order valence-corrected chi connectivity index (χ4v) is 2.04. The third-order valence-electron chi connectivity index (χ3n) is 3.13. The molecule has 0 N–H and O–H groups in total. The van der Waals surface area contributed by atoms with Gasteiger partial charge in [0.05, 0.1) is 11.7 Å². The van der Waals surface area contributed by atoms with Crippen molar-refractivity contribution in [3.05, 3.63) is 66.1 Å². The second-order valence-electron chi connectivity index (χ2n) is 4.67. The summed E-state index contributed by atoms with van der Waals surface area (Å²) in [7, 11) is 0. The average molecular weight is 281 g/mol. The Morgan fingerprint density at radius 2 is 1.95 bits per heavy atom. The summed E-state index contributed by atoms with van der Waals surface area (Å²) >= 11 is 0. The van der Waals surface area contributed by atoms with Crippen molar-refractivity contribution in [2.75, 3.05) is 0 Å². The number of halogens is 1. The van der Waals surface area contributed by atoms with Crippen LogP contribution in [0.1, 0.15) is 17.3 Å². The van der Waals surface area contributed by atoms with Crippen LogP contribution in [0.4, 0.5) is 4.39 Å². The molecular formula is C17H12FNO2. The van der Waals surface area contributed by atoms with E-state index in [2.05, 4.69) is 4.98 Å². The van der Waals surface area contributed by atoms with Crippen LogP contribution in [0, 0.1) is 5.82 Å². The standard InChI is InChI=1S/C17H12FNO2/c1-11(20)12-6-7-17(15(18)9-12)21-14-8-13-4-2-3-5-16(13)19-10-14/h2-10H,1H3. The van der Waals surface area contributed by atoms with Crippen molar-refractivity contribution in [3.8, 4) is 11.5 Å². The Balaban J connectivity index is 1.93. The first-order chi connectivity index (χ1) is 10.1. The first-order valence-electron chi connectivity index (χ1n) is 6.46. The topological polar surface area (TPSA) is 39.2 Å². The maximum absolute atomic E-state index is 13.9. The second-order valence-corrected chi connectivity index (χ2v) is 4.67. The predicted octanol–water partition coefficient (Wildman–Crippen LogP) is 4.37. The smallest absolute Gasteiger partial charge is 0.166 e. The highest BCUT2D eigenvalue weighted by molar-refractivity contribution is 5.94. The molecule has 3 rings (SSSR count). The Kier molecular flexibility index (Phi) is 3.36. The monoisotopic (exact) mass is 281 g/mol. The number of rotatable bonds is 3. The molecule has 0 spiro atoms. The van der Waals surface area contributed by atoms with E-state index in [1.54, 1.807) is 12.3 Å². The van der Waals surface area contributed by atoms with Gasteiger partial charge in [0, 0.05) is 10.9 Å². The van der Waals surface area contributed by atoms with Crippen LogP contribution in [0.3, 0.4) is 0 Å². The highest BCUT2D eigenvalue weighted by Gasteiger charge is 2.09. The number of para-hydroxylation sites is 1. The number of carbonyl (C=O) groups is 1. The third kappa shape index (κ3) is 2.74. The minimum Gasteiger partial charge on any atom is -0.453 e. The molecule has 0 aliphatic rings. The zero-order chi connectivity index (χ0) is 14.8. The summed E-state index contributed by atoms with van der Waals surface area (Å²) in [5.41, 5.74) is 1.16. The van der Waals surface area contributed by atoms with Gasteiger partial charge in [-0.3, -0.25) is 9.78 Å². The molecule has 21 heavy (non-hydrogen) atoms. The van der Waals surface area contributed by atoms with E-state index in [9.17, 15) is 9.18 Å². The van der Waals surface area contributed by atoms with Gasteiger partial charge >= 0.3 is 0 Å². The number of pyridine rings is 1. The minimum atomic E-state index is -0.573. The highest BCUT2D eigenvalue weighted by atomic mass is 19.1. The molecule has 0 radical (unpaired) electrons. The molecule has 3 aromatic rings. The van der Waals surface area contributed by atoms with Gasteiger partial charge < -0.3 is 4.74 Å². The number of carbonyl (C=O) groups excluding carboxylic acids is 1. The fourth-order valence-electron chi connectivity index (χ4n) is 2.04. The lowest BCUT2D eigenvalue weighted by Gasteiger charge is -2.08. The molecule has 104 valence electrons. The summed E-state index contributed by atoms with van der Waals surface area (Å²) in [6, 6.07) is 13.5. The SMILES string of the molecule is CC(=O)c1ccc(Oc2cnc3ccccc3c2)c(F)c1. The molecule has 0 saturated heterocycles. The van der Waals surface area contributed by atoms with Gasteiger partial charge in [-0.15, -0.1) is 0 Å². The molecule has 0 fully saturated rings. The average Bonchev–Trinajstić information content (AvgIpc) is 2.49. The largest absolute Gasteiger partial charge is 0.453 e. The van der Waals surface area contributed by atoms with Crippen LogP contribution in [0.2, 0.25) is 0 Å². The summed E-state index contributed by atoms with van der Waals surface area (Å²) < 4.78 is 19.4. The molecule has 0 aliphatic carbocycles. The fraction of sp³-hybridized carbons (Fsp3) is 0.0588. The molecule has 0 atom stereocenters. The summed E-state index contributed by atoms with van der Waals surface area (Å²) in [4.78, 5) is 15.4. The van der Waals surface area contributed by atoms with Crippen molar-refractivity contribution in [2.24, 2.45) is 0 Å². The Morgan fingerprint density at radius 1 is 1.14 bits per heavy atom. The first kappa shape index (κ1) is 13.2. The van der Waals surface area contributed by atoms with Gasteiger partial charge in [0.25, 0.3) is 0 Å². The van der Waals surface area contributed by atoms with Crippen molar-refractivity contribution >= 4 is 16.7 Å². The van der Waals surface area contributed by atoms with Crippen LogP contribution in [0.25, 0.3) is 10.9 Å². The van der Waals surface area contributed by atoms with Gasteiger partial charge in [0.1, 0.15) is 5.75 Å². The number of benzene rings is 2. The van der Waals surface area contributed by atoms with Gasteiger partial charge in [-0.1, -0.05) is 18.2 Å². The molecule has 2 aromatic carbocycles. The lowest BCUT2D eigenvalue weighted by molar-refractivity contribution is 0.101. The predicted molar refractivity (Wildman–Crippen MR) is 78.2 cm³/mol. The molecule has 0 aliphatic heterocycles. The number of ether oxygens (including phenoxy) is 1. The van der Waals surface area contributed by atoms with Gasteiger partial charge in [-0.25, -0.2) is 4.39 Å². The maximum Gasteiger partial charge on any atom is 0.166 e. The van der Waals surface area contributed by atoms with Gasteiger partial charge in [0.2, 0.25) is 0 Å². The number of Topliss-reactive ketones (excluding diaryl/α,β-unsaturated/α-hetero) is 1. The van der Waals surface area contributed by atoms with E-state index in [1.165, 1.54) is 25.1 Å². The number of hydrogen-bond acceptors (Lipinski definition) is 3. The van der Waals surface area contributed by atoms with Crippen LogP contribution < -0.4 is 4.74 Å². The van der Waals surface area contributed by atoms with E-state index in [-0.39, 0.29) is 11.5 Å². The van der Waals surface area contributed by atoms with E-state index in [4.69, 9.17) is 4.74 Å². The van der Waals surface area contributed by atoms with Crippen molar-refractivity contribution in [3.63, 3.8) is 0 Å². The van der Waals surface area contributed by atoms with Crippen molar-refractivity contribution in [2.45, 2.75) is 6.92 Å². The van der Waals surface area contributed by atoms with Crippen molar-refractivity contribution < 1.29 is 13.9 Å². The number of hydrogen-bond donors (Lipinski definition) is 0. The molecule has 4 heteroatoms. The number of ketones is 1. The summed E-state index contributed by atoms with van der Waals surface area (Å²) in [5.74, 6) is -0.246. The number of aromatic nitrogens is 1. The second kappa shape index (κ2) is 5.32. The van der Waals surface area contributed by atoms with Crippen LogP contribution in [0.15, 0.2) is 54.7 Å². The van der Waals surface area contributed by atoms with Crippen molar-refractivity contribution in [1.82, 2.24) is 4.98 Å². The van der Waals surface area contributed by atoms with Crippen LogP contribution >= 0.6 is 0 Å². The lowest BCUT2D eigenvalue weighted by atomic mass is 10.1. The van der Waals surface area contributed by atoms with Gasteiger partial charge in [0.15, 0.2) is 17.3 Å². The van der Waals surface area contributed by atoms with Crippen LogP contribution in [-0.2, 0) is 0 Å². The Bertz CT molecular complexity index is 830. The Morgan fingerprint density at radius 3 is 2.71 bits per heavy atom. The molecule has 0 unspecified atom stereocenters. The normalized spacial score (nSPS) is 10.6. The van der Waals surface area contributed by atoms with Crippen LogP contribution in [-0.4, -0.2) is 10.8 Å². The Labute approximate surface area is 121 Å². The van der Waals surface area contributed by atoms with Crippen molar-refractivity contribution in [1.29, 1.82) is 0 Å². The highest BCUT2D eigenvalue weighted by Crippen LogP contribution is 2.26. The molecule has 0 bridgehead atoms.